The minimum absolute atomic E-state index is 0.227. The van der Waals surface area contributed by atoms with E-state index in [0.29, 0.717) is 18.8 Å². The summed E-state index contributed by atoms with van der Waals surface area (Å²) >= 11 is 0. The predicted molar refractivity (Wildman–Crippen MR) is 106 cm³/mol. The fourth-order valence-corrected chi connectivity index (χ4v) is 3.52. The van der Waals surface area contributed by atoms with Gasteiger partial charge < -0.3 is 21.1 Å². The molecule has 6 atom stereocenters. The van der Waals surface area contributed by atoms with E-state index in [1.165, 1.54) is 32.1 Å². The number of aliphatic hydroxyl groups is 3. The molecular weight excluding hydrogens is 314 g/mol. The first-order valence-electron chi connectivity index (χ1n) is 10.6. The molecule has 25 heavy (non-hydrogen) atoms. The second kappa shape index (κ2) is 15.0. The van der Waals surface area contributed by atoms with Crippen molar-refractivity contribution in [3.05, 3.63) is 0 Å². The summed E-state index contributed by atoms with van der Waals surface area (Å²) in [5, 5.41) is 29.7. The van der Waals surface area contributed by atoms with Crippen molar-refractivity contribution < 1.29 is 15.3 Å². The van der Waals surface area contributed by atoms with E-state index in [-0.39, 0.29) is 12.1 Å². The average molecular weight is 360 g/mol. The maximum atomic E-state index is 10.2. The van der Waals surface area contributed by atoms with Gasteiger partial charge in [0, 0.05) is 12.5 Å². The van der Waals surface area contributed by atoms with E-state index in [1.807, 2.05) is 0 Å². The highest BCUT2D eigenvalue weighted by Gasteiger charge is 2.16. The van der Waals surface area contributed by atoms with E-state index in [4.69, 9.17) is 5.73 Å². The average Bonchev–Trinajstić information content (AvgIpc) is 2.51. The Morgan fingerprint density at radius 2 is 1.20 bits per heavy atom. The zero-order valence-electron chi connectivity index (χ0n) is 17.2. The molecule has 4 nitrogen and oxygen atoms in total. The van der Waals surface area contributed by atoms with Crippen molar-refractivity contribution in [2.24, 2.45) is 17.6 Å². The predicted octanol–water partition coefficient (Wildman–Crippen LogP) is 4.00. The van der Waals surface area contributed by atoms with Gasteiger partial charge in [0.05, 0.1) is 18.3 Å². The molecule has 4 heteroatoms. The topological polar surface area (TPSA) is 86.7 Å². The Morgan fingerprint density at radius 1 is 0.680 bits per heavy atom. The van der Waals surface area contributed by atoms with E-state index in [1.54, 1.807) is 6.92 Å². The molecule has 0 aliphatic heterocycles. The fraction of sp³-hybridized carbons (Fsp3) is 1.00. The first-order valence-corrected chi connectivity index (χ1v) is 10.6. The van der Waals surface area contributed by atoms with Gasteiger partial charge in [0.1, 0.15) is 0 Å². The van der Waals surface area contributed by atoms with Crippen molar-refractivity contribution in [2.75, 3.05) is 0 Å². The molecule has 0 rings (SSSR count). The van der Waals surface area contributed by atoms with Crippen LogP contribution in [0.4, 0.5) is 0 Å². The molecule has 0 aromatic heterocycles. The van der Waals surface area contributed by atoms with Crippen molar-refractivity contribution in [1.82, 2.24) is 0 Å². The van der Waals surface area contributed by atoms with Gasteiger partial charge in [-0.1, -0.05) is 65.7 Å². The van der Waals surface area contributed by atoms with Gasteiger partial charge in [0.2, 0.25) is 0 Å². The van der Waals surface area contributed by atoms with E-state index >= 15 is 0 Å². The fourth-order valence-electron chi connectivity index (χ4n) is 3.52. The van der Waals surface area contributed by atoms with Gasteiger partial charge in [-0.25, -0.2) is 0 Å². The van der Waals surface area contributed by atoms with Crippen molar-refractivity contribution in [1.29, 1.82) is 0 Å². The monoisotopic (exact) mass is 359 g/mol. The van der Waals surface area contributed by atoms with Crippen LogP contribution in [-0.2, 0) is 0 Å². The quantitative estimate of drug-likeness (QED) is 0.314. The Kier molecular flexibility index (Phi) is 14.9. The molecule has 0 aliphatic rings. The molecule has 0 aliphatic carbocycles. The van der Waals surface area contributed by atoms with Crippen LogP contribution in [0.2, 0.25) is 0 Å². The minimum Gasteiger partial charge on any atom is -0.393 e. The molecule has 0 bridgehead atoms. The van der Waals surface area contributed by atoms with Crippen LogP contribution in [0.25, 0.3) is 0 Å². The normalized spacial score (nSPS) is 19.2. The van der Waals surface area contributed by atoms with Crippen LogP contribution in [0.5, 0.6) is 0 Å². The van der Waals surface area contributed by atoms with Crippen molar-refractivity contribution in [2.45, 2.75) is 123 Å². The van der Waals surface area contributed by atoms with Gasteiger partial charge >= 0.3 is 0 Å². The lowest BCUT2D eigenvalue weighted by atomic mass is 9.91. The van der Waals surface area contributed by atoms with Gasteiger partial charge in [0.25, 0.3) is 0 Å². The Labute approximate surface area is 156 Å². The van der Waals surface area contributed by atoms with Crippen LogP contribution in [0.3, 0.4) is 0 Å². The lowest BCUT2D eigenvalue weighted by Gasteiger charge is -2.19. The standard InChI is InChI=1S/C21H45NO3/c1-5-9-16(2)10-8-11-17(3)14-19(23)12-6-7-13-20(24)15-21(25)18(4)22/h16-21,23-25H,5-15,22H2,1-4H3. The number of nitrogens with two attached hydrogens (primary N) is 1. The Morgan fingerprint density at radius 3 is 1.72 bits per heavy atom. The number of unbranched alkanes of at least 4 members (excludes halogenated alkanes) is 1. The Bertz CT molecular complexity index is 299. The lowest BCUT2D eigenvalue weighted by molar-refractivity contribution is 0.0616. The third-order valence-corrected chi connectivity index (χ3v) is 5.29. The summed E-state index contributed by atoms with van der Waals surface area (Å²) < 4.78 is 0. The molecule has 0 aromatic carbocycles. The van der Waals surface area contributed by atoms with Gasteiger partial charge in [-0.05, 0) is 38.0 Å². The van der Waals surface area contributed by atoms with Crippen LogP contribution in [0.1, 0.15) is 98.3 Å². The van der Waals surface area contributed by atoms with Crippen LogP contribution < -0.4 is 5.73 Å². The molecule has 5 N–H and O–H groups in total. The second-order valence-corrected chi connectivity index (χ2v) is 8.42. The smallest absolute Gasteiger partial charge is 0.0712 e. The van der Waals surface area contributed by atoms with Crippen molar-refractivity contribution in [3.63, 3.8) is 0 Å². The molecule has 0 heterocycles. The van der Waals surface area contributed by atoms with E-state index in [9.17, 15) is 15.3 Å². The molecule has 0 amide bonds. The molecule has 0 spiro atoms. The molecule has 0 fully saturated rings. The highest BCUT2D eigenvalue weighted by molar-refractivity contribution is 4.71. The maximum Gasteiger partial charge on any atom is 0.0712 e. The second-order valence-electron chi connectivity index (χ2n) is 8.42. The van der Waals surface area contributed by atoms with Gasteiger partial charge in [-0.2, -0.15) is 0 Å². The summed E-state index contributed by atoms with van der Waals surface area (Å²) in [6, 6.07) is -0.303. The van der Waals surface area contributed by atoms with Crippen molar-refractivity contribution in [3.8, 4) is 0 Å². The lowest BCUT2D eigenvalue weighted by Crippen LogP contribution is -2.34. The zero-order chi connectivity index (χ0) is 19.2. The number of aliphatic hydroxyl groups excluding tert-OH is 3. The largest absolute Gasteiger partial charge is 0.393 e. The summed E-state index contributed by atoms with van der Waals surface area (Å²) in [4.78, 5) is 0. The summed E-state index contributed by atoms with van der Waals surface area (Å²) in [6.07, 6.45) is 9.51. The first-order chi connectivity index (χ1) is 11.8. The van der Waals surface area contributed by atoms with E-state index in [2.05, 4.69) is 20.8 Å². The first kappa shape index (κ1) is 24.8. The van der Waals surface area contributed by atoms with Gasteiger partial charge in [0.15, 0.2) is 0 Å². The highest BCUT2D eigenvalue weighted by Crippen LogP contribution is 2.21. The molecule has 0 saturated carbocycles. The molecule has 0 aromatic rings. The maximum absolute atomic E-state index is 10.2. The SMILES string of the molecule is CCCC(C)CCCC(C)CC(O)CCCCC(O)CC(O)C(C)N. The molecule has 0 radical (unpaired) electrons. The van der Waals surface area contributed by atoms with Crippen LogP contribution >= 0.6 is 0 Å². The van der Waals surface area contributed by atoms with E-state index < -0.39 is 12.2 Å². The molecule has 152 valence electrons. The van der Waals surface area contributed by atoms with Crippen molar-refractivity contribution >= 4 is 0 Å². The molecule has 6 unspecified atom stereocenters. The van der Waals surface area contributed by atoms with Crippen LogP contribution in [0, 0.1) is 11.8 Å². The summed E-state index contributed by atoms with van der Waals surface area (Å²) in [6.45, 7) is 8.58. The van der Waals surface area contributed by atoms with Gasteiger partial charge in [-0.3, -0.25) is 0 Å². The summed E-state index contributed by atoms with van der Waals surface area (Å²) in [5.74, 6) is 1.41. The number of hydrogen-bond donors (Lipinski definition) is 4. The van der Waals surface area contributed by atoms with Crippen LogP contribution in [-0.4, -0.2) is 39.7 Å². The Balaban J connectivity index is 3.67. The third-order valence-electron chi connectivity index (χ3n) is 5.29. The van der Waals surface area contributed by atoms with Gasteiger partial charge in [-0.15, -0.1) is 0 Å². The third kappa shape index (κ3) is 14.7. The van der Waals surface area contributed by atoms with Crippen LogP contribution in [0.15, 0.2) is 0 Å². The summed E-state index contributed by atoms with van der Waals surface area (Å²) in [7, 11) is 0. The molecular formula is C21H45NO3. The molecule has 0 saturated heterocycles. The zero-order valence-corrected chi connectivity index (χ0v) is 17.2. The highest BCUT2D eigenvalue weighted by atomic mass is 16.3. The Hall–Kier alpha value is -0.160. The summed E-state index contributed by atoms with van der Waals surface area (Å²) in [5.41, 5.74) is 5.60. The number of hydrogen-bond acceptors (Lipinski definition) is 4. The van der Waals surface area contributed by atoms with E-state index in [0.717, 1.165) is 31.6 Å². The number of rotatable bonds is 16. The minimum atomic E-state index is -0.638.